The minimum atomic E-state index is -0.500. The van der Waals surface area contributed by atoms with E-state index in [2.05, 4.69) is 5.32 Å². The molecule has 0 aliphatic carbocycles. The highest BCUT2D eigenvalue weighted by Gasteiger charge is 2.36. The van der Waals surface area contributed by atoms with Gasteiger partial charge in [0.25, 0.3) is 11.1 Å². The number of amides is 3. The number of hydrogen-bond acceptors (Lipinski definition) is 5. The molecule has 7 heteroatoms. The number of nitrogens with zero attached hydrogens (tertiary/aromatic N) is 1. The Labute approximate surface area is 136 Å². The topological polar surface area (TPSA) is 79.6 Å². The van der Waals surface area contributed by atoms with Crippen LogP contribution in [0.2, 0.25) is 0 Å². The molecule has 3 rings (SSSR count). The number of carbonyl (C=O) groups excluding carboxylic acids is 3. The van der Waals surface area contributed by atoms with E-state index < -0.39 is 17.1 Å². The standard InChI is InChI=1S/C16H12N2O4S/c19-14(17-11-5-2-1-3-6-11)10-18-15(20)13(23-16(18)21)9-12-7-4-8-22-12/h1-9H,10H2,(H,17,19)/b13-9-. The smallest absolute Gasteiger partial charge is 0.294 e. The fourth-order valence-electron chi connectivity index (χ4n) is 2.00. The van der Waals surface area contributed by atoms with Crippen LogP contribution in [-0.4, -0.2) is 28.5 Å². The number of para-hydroxylation sites is 1. The first-order valence-electron chi connectivity index (χ1n) is 6.77. The number of anilines is 1. The van der Waals surface area contributed by atoms with Gasteiger partial charge in [0.15, 0.2) is 0 Å². The summed E-state index contributed by atoms with van der Waals surface area (Å²) in [5, 5.41) is 2.16. The van der Waals surface area contributed by atoms with E-state index in [1.807, 2.05) is 6.07 Å². The van der Waals surface area contributed by atoms with Gasteiger partial charge in [-0.25, -0.2) is 0 Å². The summed E-state index contributed by atoms with van der Waals surface area (Å²) in [6, 6.07) is 12.2. The first kappa shape index (κ1) is 15.1. The third kappa shape index (κ3) is 3.51. The average Bonchev–Trinajstić information content (AvgIpc) is 3.13. The lowest BCUT2D eigenvalue weighted by atomic mass is 10.3. The van der Waals surface area contributed by atoms with Gasteiger partial charge in [0.05, 0.1) is 11.2 Å². The SMILES string of the molecule is O=C(CN1C(=O)S/C(=C\c2ccco2)C1=O)Nc1ccccc1. The maximum absolute atomic E-state index is 12.2. The Bertz CT molecular complexity index is 769. The van der Waals surface area contributed by atoms with E-state index in [0.717, 1.165) is 16.7 Å². The summed E-state index contributed by atoms with van der Waals surface area (Å²) in [5.74, 6) is -0.457. The lowest BCUT2D eigenvalue weighted by molar-refractivity contribution is -0.127. The van der Waals surface area contributed by atoms with Gasteiger partial charge in [0.2, 0.25) is 5.91 Å². The van der Waals surface area contributed by atoms with Crippen LogP contribution in [0, 0.1) is 0 Å². The zero-order valence-electron chi connectivity index (χ0n) is 11.9. The molecular weight excluding hydrogens is 316 g/mol. The highest BCUT2D eigenvalue weighted by atomic mass is 32.2. The van der Waals surface area contributed by atoms with Gasteiger partial charge < -0.3 is 9.73 Å². The van der Waals surface area contributed by atoms with Crippen LogP contribution in [0.25, 0.3) is 6.08 Å². The van der Waals surface area contributed by atoms with Crippen LogP contribution in [0.1, 0.15) is 5.76 Å². The van der Waals surface area contributed by atoms with Crippen LogP contribution in [0.15, 0.2) is 58.1 Å². The molecule has 1 N–H and O–H groups in total. The Morgan fingerprint density at radius 3 is 2.65 bits per heavy atom. The van der Waals surface area contributed by atoms with Crippen LogP contribution < -0.4 is 5.32 Å². The Kier molecular flexibility index (Phi) is 4.29. The molecule has 0 radical (unpaired) electrons. The summed E-state index contributed by atoms with van der Waals surface area (Å²) in [6.45, 7) is -0.324. The van der Waals surface area contributed by atoms with Gasteiger partial charge in [0.1, 0.15) is 12.3 Å². The van der Waals surface area contributed by atoms with E-state index in [0.29, 0.717) is 11.4 Å². The summed E-state index contributed by atoms with van der Waals surface area (Å²) < 4.78 is 5.12. The van der Waals surface area contributed by atoms with Crippen LogP contribution >= 0.6 is 11.8 Å². The van der Waals surface area contributed by atoms with E-state index in [-0.39, 0.29) is 11.4 Å². The maximum Gasteiger partial charge on any atom is 0.294 e. The predicted molar refractivity (Wildman–Crippen MR) is 86.5 cm³/mol. The third-order valence-corrected chi connectivity index (χ3v) is 3.96. The molecule has 6 nitrogen and oxygen atoms in total. The van der Waals surface area contributed by atoms with Gasteiger partial charge in [-0.15, -0.1) is 0 Å². The van der Waals surface area contributed by atoms with E-state index >= 15 is 0 Å². The molecule has 0 atom stereocenters. The Balaban J connectivity index is 1.67. The predicted octanol–water partition coefficient (Wildman–Crippen LogP) is 2.95. The maximum atomic E-state index is 12.2. The number of furan rings is 1. The minimum absolute atomic E-state index is 0.234. The first-order chi connectivity index (χ1) is 11.1. The highest BCUT2D eigenvalue weighted by Crippen LogP contribution is 2.32. The summed E-state index contributed by atoms with van der Waals surface area (Å²) in [6.07, 6.45) is 2.96. The monoisotopic (exact) mass is 328 g/mol. The van der Waals surface area contributed by atoms with Gasteiger partial charge in [-0.3, -0.25) is 19.3 Å². The number of nitrogens with one attached hydrogen (secondary N) is 1. The van der Waals surface area contributed by atoms with E-state index in [9.17, 15) is 14.4 Å². The molecule has 1 fully saturated rings. The van der Waals surface area contributed by atoms with Crippen molar-refractivity contribution in [2.75, 3.05) is 11.9 Å². The molecule has 0 spiro atoms. The zero-order valence-corrected chi connectivity index (χ0v) is 12.7. The lowest BCUT2D eigenvalue weighted by Gasteiger charge is -2.12. The summed E-state index contributed by atoms with van der Waals surface area (Å²) >= 11 is 0.787. The second-order valence-corrected chi connectivity index (χ2v) is 5.69. The number of carbonyl (C=O) groups is 3. The molecule has 1 aliphatic rings. The van der Waals surface area contributed by atoms with E-state index in [1.165, 1.54) is 12.3 Å². The molecular formula is C16H12N2O4S. The van der Waals surface area contributed by atoms with Crippen molar-refractivity contribution in [2.24, 2.45) is 0 Å². The van der Waals surface area contributed by atoms with Gasteiger partial charge in [-0.05, 0) is 36.0 Å². The van der Waals surface area contributed by atoms with Gasteiger partial charge in [-0.2, -0.15) is 0 Å². The molecule has 1 aromatic carbocycles. The van der Waals surface area contributed by atoms with Crippen molar-refractivity contribution < 1.29 is 18.8 Å². The largest absolute Gasteiger partial charge is 0.465 e. The number of rotatable bonds is 4. The Morgan fingerprint density at radius 1 is 1.17 bits per heavy atom. The lowest BCUT2D eigenvalue weighted by Crippen LogP contribution is -2.36. The molecule has 0 unspecified atom stereocenters. The fraction of sp³-hybridized carbons (Fsp3) is 0.0625. The summed E-state index contributed by atoms with van der Waals surface area (Å²) in [4.78, 5) is 37.3. The summed E-state index contributed by atoms with van der Waals surface area (Å²) in [5.41, 5.74) is 0.607. The number of benzene rings is 1. The Hall–Kier alpha value is -2.80. The van der Waals surface area contributed by atoms with Crippen molar-refractivity contribution in [1.29, 1.82) is 0 Å². The second-order valence-electron chi connectivity index (χ2n) is 4.70. The number of thioether (sulfide) groups is 1. The normalized spacial score (nSPS) is 16.2. The molecule has 1 aliphatic heterocycles. The second kappa shape index (κ2) is 6.53. The molecule has 116 valence electrons. The minimum Gasteiger partial charge on any atom is -0.465 e. The number of imide groups is 1. The third-order valence-electron chi connectivity index (χ3n) is 3.05. The highest BCUT2D eigenvalue weighted by molar-refractivity contribution is 8.18. The van der Waals surface area contributed by atoms with Gasteiger partial charge >= 0.3 is 0 Å². The molecule has 1 aromatic heterocycles. The molecule has 23 heavy (non-hydrogen) atoms. The van der Waals surface area contributed by atoms with E-state index in [1.54, 1.807) is 36.4 Å². The van der Waals surface area contributed by atoms with Crippen LogP contribution in [0.5, 0.6) is 0 Å². The van der Waals surface area contributed by atoms with Crippen LogP contribution in [0.3, 0.4) is 0 Å². The van der Waals surface area contributed by atoms with Crippen LogP contribution in [0.4, 0.5) is 10.5 Å². The molecule has 0 bridgehead atoms. The van der Waals surface area contributed by atoms with Gasteiger partial charge in [-0.1, -0.05) is 18.2 Å². The zero-order chi connectivity index (χ0) is 16.2. The van der Waals surface area contributed by atoms with Gasteiger partial charge in [0, 0.05) is 11.8 Å². The summed E-state index contributed by atoms with van der Waals surface area (Å²) in [7, 11) is 0. The molecule has 3 amide bonds. The van der Waals surface area contributed by atoms with Crippen LogP contribution in [-0.2, 0) is 9.59 Å². The Morgan fingerprint density at radius 2 is 1.96 bits per heavy atom. The quantitative estimate of drug-likeness (QED) is 0.873. The number of hydrogen-bond donors (Lipinski definition) is 1. The fourth-order valence-corrected chi connectivity index (χ4v) is 2.82. The van der Waals surface area contributed by atoms with Crippen molar-refractivity contribution in [2.45, 2.75) is 0 Å². The van der Waals surface area contributed by atoms with Crippen molar-refractivity contribution in [3.05, 3.63) is 59.4 Å². The van der Waals surface area contributed by atoms with Crippen molar-refractivity contribution >= 4 is 40.6 Å². The average molecular weight is 328 g/mol. The van der Waals surface area contributed by atoms with Crippen molar-refractivity contribution in [1.82, 2.24) is 4.90 Å². The van der Waals surface area contributed by atoms with E-state index in [4.69, 9.17) is 4.42 Å². The van der Waals surface area contributed by atoms with Crippen molar-refractivity contribution in [3.63, 3.8) is 0 Å². The molecule has 1 saturated heterocycles. The molecule has 2 heterocycles. The molecule has 2 aromatic rings. The first-order valence-corrected chi connectivity index (χ1v) is 7.59. The molecule has 0 saturated carbocycles. The van der Waals surface area contributed by atoms with Crippen molar-refractivity contribution in [3.8, 4) is 0 Å².